The Balaban J connectivity index is 2.41. The number of amides is 2. The summed E-state index contributed by atoms with van der Waals surface area (Å²) in [5.74, 6) is -1.10. The first-order valence-electron chi connectivity index (χ1n) is 7.57. The number of nitrogens with zero attached hydrogens (tertiary/aromatic N) is 2. The Labute approximate surface area is 172 Å². The Morgan fingerprint density at radius 2 is 1.38 bits per heavy atom. The molecule has 2 amide bonds. The maximum absolute atomic E-state index is 13.0. The molecule has 0 fully saturated rings. The molecule has 0 aliphatic rings. The van der Waals surface area contributed by atoms with Gasteiger partial charge in [0.15, 0.2) is 0 Å². The molecule has 0 aliphatic carbocycles. The van der Waals surface area contributed by atoms with E-state index in [1.54, 1.807) is 45.0 Å². The number of halogens is 4. The molecule has 0 heterocycles. The molecule has 8 heteroatoms. The average molecular weight is 434 g/mol. The van der Waals surface area contributed by atoms with Crippen LogP contribution in [0.1, 0.15) is 41.5 Å². The minimum absolute atomic E-state index is 0.129. The molecule has 0 spiro atoms. The third-order valence-electron chi connectivity index (χ3n) is 3.42. The summed E-state index contributed by atoms with van der Waals surface area (Å²) in [6.45, 7) is 5.27. The van der Waals surface area contributed by atoms with Crippen molar-refractivity contribution in [2.75, 3.05) is 0 Å². The fourth-order valence-corrected chi connectivity index (χ4v) is 3.22. The van der Waals surface area contributed by atoms with E-state index in [1.807, 2.05) is 0 Å². The Morgan fingerprint density at radius 3 is 1.88 bits per heavy atom. The van der Waals surface area contributed by atoms with Gasteiger partial charge in [0.25, 0.3) is 11.8 Å². The summed E-state index contributed by atoms with van der Waals surface area (Å²) in [4.78, 5) is 25.8. The van der Waals surface area contributed by atoms with Gasteiger partial charge in [0.1, 0.15) is 0 Å². The van der Waals surface area contributed by atoms with E-state index in [0.29, 0.717) is 15.6 Å². The van der Waals surface area contributed by atoms with Gasteiger partial charge in [-0.15, -0.1) is 0 Å². The van der Waals surface area contributed by atoms with Crippen molar-refractivity contribution in [2.45, 2.75) is 26.3 Å². The van der Waals surface area contributed by atoms with Crippen LogP contribution < -0.4 is 0 Å². The van der Waals surface area contributed by atoms with E-state index in [4.69, 9.17) is 46.6 Å². The van der Waals surface area contributed by atoms with Gasteiger partial charge in [-0.25, -0.2) is 5.01 Å². The fourth-order valence-electron chi connectivity index (χ4n) is 2.22. The zero-order valence-corrected chi connectivity index (χ0v) is 17.3. The van der Waals surface area contributed by atoms with Crippen LogP contribution in [0.15, 0.2) is 42.5 Å². The summed E-state index contributed by atoms with van der Waals surface area (Å²) in [5, 5.41) is 2.18. The van der Waals surface area contributed by atoms with Gasteiger partial charge in [0.05, 0.1) is 16.1 Å². The molecule has 138 valence electrons. The van der Waals surface area contributed by atoms with Crippen molar-refractivity contribution >= 4 is 58.4 Å². The molecule has 4 nitrogen and oxygen atoms in total. The number of carbonyl (C=O) groups is 2. The lowest BCUT2D eigenvalue weighted by Crippen LogP contribution is -2.54. The van der Waals surface area contributed by atoms with E-state index in [2.05, 4.69) is 0 Å². The number of benzene rings is 2. The van der Waals surface area contributed by atoms with E-state index in [1.165, 1.54) is 18.2 Å². The van der Waals surface area contributed by atoms with Crippen LogP contribution >= 0.6 is 46.6 Å². The van der Waals surface area contributed by atoms with Crippen molar-refractivity contribution in [3.05, 3.63) is 68.7 Å². The van der Waals surface area contributed by atoms with E-state index in [0.717, 1.165) is 9.54 Å². The summed E-state index contributed by atoms with van der Waals surface area (Å²) in [7, 11) is 0. The first-order chi connectivity index (χ1) is 12.0. The summed E-state index contributed by atoms with van der Waals surface area (Å²) in [5.41, 5.74) is -0.318. The van der Waals surface area contributed by atoms with Crippen LogP contribution in [0, 0.1) is 0 Å². The van der Waals surface area contributed by atoms with Gasteiger partial charge in [0.2, 0.25) is 0 Å². The third kappa shape index (κ3) is 4.63. The highest BCUT2D eigenvalue weighted by Crippen LogP contribution is 2.28. The number of carbonyl (C=O) groups excluding carboxylic acids is 2. The molecule has 0 bridgehead atoms. The van der Waals surface area contributed by atoms with Gasteiger partial charge in [-0.05, 0) is 63.2 Å². The molecule has 0 atom stereocenters. The van der Waals surface area contributed by atoms with Crippen molar-refractivity contribution in [3.63, 3.8) is 0 Å². The summed E-state index contributed by atoms with van der Waals surface area (Å²) in [6, 6.07) is 10.7. The number of rotatable bonds is 2. The van der Waals surface area contributed by atoms with Gasteiger partial charge < -0.3 is 0 Å². The first kappa shape index (κ1) is 20.8. The fraction of sp³-hybridized carbons (Fsp3) is 0.222. The molecule has 2 aromatic carbocycles. The van der Waals surface area contributed by atoms with Crippen molar-refractivity contribution in [3.8, 4) is 0 Å². The molecule has 0 radical (unpaired) electrons. The van der Waals surface area contributed by atoms with E-state index in [-0.39, 0.29) is 10.6 Å². The summed E-state index contributed by atoms with van der Waals surface area (Å²) < 4.78 is 0.742. The van der Waals surface area contributed by atoms with Crippen LogP contribution in [0.4, 0.5) is 0 Å². The maximum Gasteiger partial charge on any atom is 0.289 e. The Hall–Kier alpha value is -1.46. The molecule has 0 N–H and O–H groups in total. The smallest absolute Gasteiger partial charge is 0.267 e. The Kier molecular flexibility index (Phi) is 6.46. The van der Waals surface area contributed by atoms with Gasteiger partial charge >= 0.3 is 0 Å². The second-order valence-corrected chi connectivity index (χ2v) is 8.08. The number of hydrogen-bond acceptors (Lipinski definition) is 2. The van der Waals surface area contributed by atoms with E-state index < -0.39 is 17.4 Å². The van der Waals surface area contributed by atoms with E-state index >= 15 is 0 Å². The number of hydrogen-bond donors (Lipinski definition) is 0. The van der Waals surface area contributed by atoms with Crippen LogP contribution in [0.5, 0.6) is 0 Å². The molecule has 26 heavy (non-hydrogen) atoms. The third-order valence-corrected chi connectivity index (χ3v) is 4.53. The lowest BCUT2D eigenvalue weighted by molar-refractivity contribution is -0.00370. The summed E-state index contributed by atoms with van der Waals surface area (Å²) in [6.07, 6.45) is 0. The highest BCUT2D eigenvalue weighted by Gasteiger charge is 2.36. The molecule has 0 saturated heterocycles. The molecule has 0 unspecified atom stereocenters. The minimum Gasteiger partial charge on any atom is -0.267 e. The van der Waals surface area contributed by atoms with Gasteiger partial charge in [-0.2, -0.15) is 4.53 Å². The zero-order valence-electron chi connectivity index (χ0n) is 14.3. The van der Waals surface area contributed by atoms with Crippen LogP contribution in [-0.4, -0.2) is 26.9 Å². The molecule has 0 aliphatic heterocycles. The SMILES string of the molecule is CC(C)(C)N(C(=O)c1ccc(Cl)cc1)N(Cl)C(=O)c1ccc(Cl)cc1Cl. The van der Waals surface area contributed by atoms with Gasteiger partial charge in [0, 0.05) is 27.4 Å². The highest BCUT2D eigenvalue weighted by molar-refractivity contribution is 6.37. The minimum atomic E-state index is -0.785. The lowest BCUT2D eigenvalue weighted by atomic mass is 10.1. The van der Waals surface area contributed by atoms with Crippen LogP contribution in [0.3, 0.4) is 0 Å². The molecular formula is C18H16Cl4N2O2. The van der Waals surface area contributed by atoms with Crippen molar-refractivity contribution in [2.24, 2.45) is 0 Å². The zero-order chi connectivity index (χ0) is 19.6. The van der Waals surface area contributed by atoms with Crippen LogP contribution in [-0.2, 0) is 0 Å². The highest BCUT2D eigenvalue weighted by atomic mass is 35.5. The molecule has 2 aromatic rings. The van der Waals surface area contributed by atoms with Gasteiger partial charge in [-0.1, -0.05) is 34.8 Å². The van der Waals surface area contributed by atoms with E-state index in [9.17, 15) is 9.59 Å². The topological polar surface area (TPSA) is 40.6 Å². The van der Waals surface area contributed by atoms with Crippen molar-refractivity contribution in [1.82, 2.24) is 9.54 Å². The second kappa shape index (κ2) is 8.05. The standard InChI is InChI=1S/C18H16Cl4N2O2/c1-18(2,3)23(16(25)11-4-6-12(19)7-5-11)24(22)17(26)14-9-8-13(20)10-15(14)21/h4-10H,1-3H3. The maximum atomic E-state index is 13.0. The van der Waals surface area contributed by atoms with Crippen molar-refractivity contribution < 1.29 is 9.59 Å². The monoisotopic (exact) mass is 432 g/mol. The van der Waals surface area contributed by atoms with Crippen LogP contribution in [0.2, 0.25) is 15.1 Å². The predicted molar refractivity (Wildman–Crippen MR) is 106 cm³/mol. The number of hydrazine groups is 1. The molecule has 0 aromatic heterocycles. The molecule has 2 rings (SSSR count). The van der Waals surface area contributed by atoms with Crippen molar-refractivity contribution in [1.29, 1.82) is 0 Å². The predicted octanol–water partition coefficient (Wildman–Crippen LogP) is 6.10. The molecular weight excluding hydrogens is 418 g/mol. The normalized spacial score (nSPS) is 11.2. The summed E-state index contributed by atoms with van der Waals surface area (Å²) >= 11 is 24.1. The second-order valence-electron chi connectivity index (χ2n) is 6.48. The Bertz CT molecular complexity index is 832. The largest absolute Gasteiger partial charge is 0.289 e. The lowest BCUT2D eigenvalue weighted by Gasteiger charge is -2.39. The average Bonchev–Trinajstić information content (AvgIpc) is 2.53. The quantitative estimate of drug-likeness (QED) is 0.424. The Morgan fingerprint density at radius 1 is 0.846 bits per heavy atom. The van der Waals surface area contributed by atoms with Crippen LogP contribution in [0.25, 0.3) is 0 Å². The van der Waals surface area contributed by atoms with Gasteiger partial charge in [-0.3, -0.25) is 9.59 Å². The first-order valence-corrected chi connectivity index (χ1v) is 9.05. The molecule has 0 saturated carbocycles.